The highest BCUT2D eigenvalue weighted by Crippen LogP contribution is 2.24. The van der Waals surface area contributed by atoms with E-state index < -0.39 is 0 Å². The molecule has 1 aromatic heterocycles. The van der Waals surface area contributed by atoms with Crippen LogP contribution in [0.25, 0.3) is 0 Å². The highest BCUT2D eigenvalue weighted by molar-refractivity contribution is 7.09. The lowest BCUT2D eigenvalue weighted by Gasteiger charge is -2.08. The van der Waals surface area contributed by atoms with Crippen molar-refractivity contribution in [1.82, 2.24) is 10.2 Å². The first-order valence-electron chi connectivity index (χ1n) is 6.86. The number of hydrogen-bond acceptors (Lipinski definition) is 4. The molecule has 1 aromatic carbocycles. The smallest absolute Gasteiger partial charge is 0.261 e. The fraction of sp³-hybridized carbons (Fsp3) is 0.250. The van der Waals surface area contributed by atoms with Gasteiger partial charge in [0.25, 0.3) is 11.8 Å². The average molecular weight is 300 g/mol. The molecule has 0 radical (unpaired) electrons. The molecule has 0 unspecified atom stereocenters. The second kappa shape index (κ2) is 5.79. The maximum Gasteiger partial charge on any atom is 0.261 e. The monoisotopic (exact) mass is 300 g/mol. The number of benzene rings is 1. The third kappa shape index (κ3) is 2.62. The minimum atomic E-state index is -0.213. The molecule has 2 amide bonds. The van der Waals surface area contributed by atoms with E-state index in [1.54, 1.807) is 17.4 Å². The molecule has 0 fully saturated rings. The highest BCUT2D eigenvalue weighted by Gasteiger charge is 2.34. The lowest BCUT2D eigenvalue weighted by molar-refractivity contribution is 0.0693. The molecule has 0 aliphatic carbocycles. The van der Waals surface area contributed by atoms with Gasteiger partial charge < -0.3 is 5.32 Å². The Labute approximate surface area is 127 Å². The molecule has 108 valence electrons. The second-order valence-corrected chi connectivity index (χ2v) is 6.05. The van der Waals surface area contributed by atoms with Gasteiger partial charge in [0.2, 0.25) is 0 Å². The van der Waals surface area contributed by atoms with Crippen molar-refractivity contribution in [3.63, 3.8) is 0 Å². The zero-order chi connectivity index (χ0) is 14.8. The van der Waals surface area contributed by atoms with Crippen molar-refractivity contribution in [2.24, 2.45) is 0 Å². The topological polar surface area (TPSA) is 49.4 Å². The largest absolute Gasteiger partial charge is 0.312 e. The van der Waals surface area contributed by atoms with Crippen LogP contribution in [-0.2, 0) is 13.0 Å². The minimum absolute atomic E-state index is 0.203. The highest BCUT2D eigenvalue weighted by atomic mass is 32.1. The lowest BCUT2D eigenvalue weighted by atomic mass is 10.0. The van der Waals surface area contributed by atoms with Crippen LogP contribution >= 0.6 is 11.3 Å². The maximum absolute atomic E-state index is 12.1. The normalized spacial score (nSPS) is 13.9. The molecular formula is C16H16N2O2S. The van der Waals surface area contributed by atoms with Gasteiger partial charge >= 0.3 is 0 Å². The van der Waals surface area contributed by atoms with Crippen LogP contribution in [0.2, 0.25) is 0 Å². The third-order valence-electron chi connectivity index (χ3n) is 3.65. The molecule has 0 spiro atoms. The summed E-state index contributed by atoms with van der Waals surface area (Å²) in [6, 6.07) is 9.61. The van der Waals surface area contributed by atoms with Crippen LogP contribution in [0.5, 0.6) is 0 Å². The first-order valence-corrected chi connectivity index (χ1v) is 7.74. The quantitative estimate of drug-likeness (QED) is 0.681. The van der Waals surface area contributed by atoms with E-state index in [0.717, 1.165) is 18.5 Å². The van der Waals surface area contributed by atoms with E-state index in [9.17, 15) is 9.59 Å². The Hall–Kier alpha value is -1.98. The molecule has 3 rings (SSSR count). The zero-order valence-corrected chi connectivity index (χ0v) is 12.6. The van der Waals surface area contributed by atoms with Crippen LogP contribution in [0.4, 0.5) is 0 Å². The second-order valence-electron chi connectivity index (χ2n) is 5.02. The van der Waals surface area contributed by atoms with Gasteiger partial charge in [-0.3, -0.25) is 14.5 Å². The lowest BCUT2D eigenvalue weighted by Crippen LogP contribution is -2.25. The van der Waals surface area contributed by atoms with Crippen LogP contribution in [-0.4, -0.2) is 30.3 Å². The summed E-state index contributed by atoms with van der Waals surface area (Å²) in [5, 5.41) is 5.41. The minimum Gasteiger partial charge on any atom is -0.312 e. The summed E-state index contributed by atoms with van der Waals surface area (Å²) >= 11 is 1.74. The first-order chi connectivity index (χ1) is 10.2. The molecule has 21 heavy (non-hydrogen) atoms. The van der Waals surface area contributed by atoms with Crippen molar-refractivity contribution < 1.29 is 9.59 Å². The summed E-state index contributed by atoms with van der Waals surface area (Å²) in [6.45, 7) is 1.45. The van der Waals surface area contributed by atoms with E-state index in [1.165, 1.54) is 16.8 Å². The van der Waals surface area contributed by atoms with Crippen LogP contribution in [0, 0.1) is 0 Å². The van der Waals surface area contributed by atoms with E-state index in [0.29, 0.717) is 17.7 Å². The molecule has 1 aliphatic rings. The Morgan fingerprint density at radius 3 is 2.76 bits per heavy atom. The number of fused-ring (bicyclic) bond motifs is 1. The summed E-state index contributed by atoms with van der Waals surface area (Å²) in [4.78, 5) is 26.6. The SMILES string of the molecule is CN1C(=O)c2cccc(CNCCc3cccs3)c2C1=O. The van der Waals surface area contributed by atoms with Crippen molar-refractivity contribution in [3.8, 4) is 0 Å². The number of rotatable bonds is 5. The van der Waals surface area contributed by atoms with Gasteiger partial charge in [-0.25, -0.2) is 0 Å². The number of imide groups is 1. The summed E-state index contributed by atoms with van der Waals surface area (Å²) < 4.78 is 0. The molecule has 1 N–H and O–H groups in total. The molecule has 2 heterocycles. The van der Waals surface area contributed by atoms with Gasteiger partial charge in [0.1, 0.15) is 0 Å². The standard InChI is InChI=1S/C16H16N2O2S/c1-18-15(19)13-6-2-4-11(14(13)16(18)20)10-17-8-7-12-5-3-9-21-12/h2-6,9,17H,7-8,10H2,1H3. The number of carbonyl (C=O) groups is 2. The molecule has 0 saturated heterocycles. The number of nitrogens with one attached hydrogen (secondary N) is 1. The Morgan fingerprint density at radius 1 is 1.14 bits per heavy atom. The predicted octanol–water partition coefficient (Wildman–Crippen LogP) is 2.31. The van der Waals surface area contributed by atoms with Gasteiger partial charge in [-0.15, -0.1) is 11.3 Å². The van der Waals surface area contributed by atoms with Crippen molar-refractivity contribution in [2.75, 3.05) is 13.6 Å². The summed E-state index contributed by atoms with van der Waals surface area (Å²) in [7, 11) is 1.53. The van der Waals surface area contributed by atoms with E-state index in [2.05, 4.69) is 16.8 Å². The third-order valence-corrected chi connectivity index (χ3v) is 4.58. The Kier molecular flexibility index (Phi) is 3.86. The summed E-state index contributed by atoms with van der Waals surface area (Å²) in [5.74, 6) is -0.416. The van der Waals surface area contributed by atoms with Gasteiger partial charge in [-0.1, -0.05) is 18.2 Å². The fourth-order valence-electron chi connectivity index (χ4n) is 2.51. The van der Waals surface area contributed by atoms with Gasteiger partial charge in [-0.2, -0.15) is 0 Å². The van der Waals surface area contributed by atoms with Gasteiger partial charge in [-0.05, 0) is 29.5 Å². The molecule has 5 heteroatoms. The van der Waals surface area contributed by atoms with Crippen molar-refractivity contribution in [3.05, 3.63) is 57.3 Å². The number of thiophene rings is 1. The van der Waals surface area contributed by atoms with Crippen molar-refractivity contribution in [2.45, 2.75) is 13.0 Å². The zero-order valence-electron chi connectivity index (χ0n) is 11.8. The molecular weight excluding hydrogens is 284 g/mol. The molecule has 0 saturated carbocycles. The number of nitrogens with zero attached hydrogens (tertiary/aromatic N) is 1. The Bertz CT molecular complexity index is 680. The Balaban J connectivity index is 1.67. The Morgan fingerprint density at radius 2 is 2.00 bits per heavy atom. The van der Waals surface area contributed by atoms with E-state index in [4.69, 9.17) is 0 Å². The number of hydrogen-bond donors (Lipinski definition) is 1. The fourth-order valence-corrected chi connectivity index (χ4v) is 3.22. The molecule has 4 nitrogen and oxygen atoms in total. The van der Waals surface area contributed by atoms with Gasteiger partial charge in [0, 0.05) is 25.0 Å². The van der Waals surface area contributed by atoms with Crippen LogP contribution < -0.4 is 5.32 Å². The van der Waals surface area contributed by atoms with E-state index >= 15 is 0 Å². The predicted molar refractivity (Wildman–Crippen MR) is 82.6 cm³/mol. The van der Waals surface area contributed by atoms with Crippen molar-refractivity contribution in [1.29, 1.82) is 0 Å². The summed E-state index contributed by atoms with van der Waals surface area (Å²) in [5.41, 5.74) is 1.95. The van der Waals surface area contributed by atoms with Crippen LogP contribution in [0.3, 0.4) is 0 Å². The molecule has 2 aromatic rings. The van der Waals surface area contributed by atoms with Crippen LogP contribution in [0.15, 0.2) is 35.7 Å². The first kappa shape index (κ1) is 14.0. The van der Waals surface area contributed by atoms with Crippen molar-refractivity contribution >= 4 is 23.2 Å². The van der Waals surface area contributed by atoms with Crippen LogP contribution in [0.1, 0.15) is 31.2 Å². The van der Waals surface area contributed by atoms with E-state index in [1.807, 2.05) is 18.2 Å². The van der Waals surface area contributed by atoms with Gasteiger partial charge in [0.05, 0.1) is 11.1 Å². The average Bonchev–Trinajstić information content (AvgIpc) is 3.08. The molecule has 0 bridgehead atoms. The molecule has 0 atom stereocenters. The van der Waals surface area contributed by atoms with E-state index in [-0.39, 0.29) is 11.8 Å². The maximum atomic E-state index is 12.1. The number of carbonyl (C=O) groups excluding carboxylic acids is 2. The van der Waals surface area contributed by atoms with Gasteiger partial charge in [0.15, 0.2) is 0 Å². The number of amides is 2. The molecule has 1 aliphatic heterocycles. The summed E-state index contributed by atoms with van der Waals surface area (Å²) in [6.07, 6.45) is 0.972.